The van der Waals surface area contributed by atoms with Crippen molar-refractivity contribution in [2.45, 2.75) is 13.0 Å². The number of hydrogen-bond donors (Lipinski definition) is 0. The Labute approximate surface area is 200 Å². The highest BCUT2D eigenvalue weighted by Gasteiger charge is 2.29. The minimum absolute atomic E-state index is 0.00716. The summed E-state index contributed by atoms with van der Waals surface area (Å²) in [5.41, 5.74) is 4.79. The summed E-state index contributed by atoms with van der Waals surface area (Å²) in [6, 6.07) is 31.2. The van der Waals surface area contributed by atoms with Crippen molar-refractivity contribution in [2.24, 2.45) is 0 Å². The summed E-state index contributed by atoms with van der Waals surface area (Å²) >= 11 is 0. The maximum absolute atomic E-state index is 13.3. The Hall–Kier alpha value is -3.83. The Morgan fingerprint density at radius 1 is 0.765 bits per heavy atom. The Bertz CT molecular complexity index is 1200. The fraction of sp³-hybridized carbons (Fsp3) is 0.207. The number of amides is 1. The molecule has 0 bridgehead atoms. The molecule has 5 rings (SSSR count). The Balaban J connectivity index is 1.31. The summed E-state index contributed by atoms with van der Waals surface area (Å²) in [4.78, 5) is 26.8. The first-order chi connectivity index (χ1) is 16.7. The van der Waals surface area contributed by atoms with Gasteiger partial charge in [0.25, 0.3) is 5.91 Å². The Morgan fingerprint density at radius 3 is 1.82 bits per heavy atom. The summed E-state index contributed by atoms with van der Waals surface area (Å²) in [5, 5.41) is 0. The second kappa shape index (κ2) is 9.98. The molecule has 0 unspecified atom stereocenters. The first-order valence-electron chi connectivity index (χ1n) is 11.7. The van der Waals surface area contributed by atoms with Crippen LogP contribution in [0.1, 0.15) is 33.2 Å². The standard InChI is InChI=1S/C29H28N4O/c1-22-26(21-30-28(31-22)25-15-9-4-10-16-25)29(34)33-19-17-32(18-20-33)27(23-11-5-2-6-12-23)24-13-7-3-8-14-24/h2-16,21,27H,17-20H2,1H3. The van der Waals surface area contributed by atoms with Crippen molar-refractivity contribution in [1.29, 1.82) is 0 Å². The number of aromatic nitrogens is 2. The van der Waals surface area contributed by atoms with E-state index in [1.54, 1.807) is 6.20 Å². The van der Waals surface area contributed by atoms with E-state index in [-0.39, 0.29) is 11.9 Å². The highest BCUT2D eigenvalue weighted by Crippen LogP contribution is 2.29. The number of carbonyl (C=O) groups is 1. The lowest BCUT2D eigenvalue weighted by Crippen LogP contribution is -2.50. The average molecular weight is 449 g/mol. The number of rotatable bonds is 5. The number of nitrogens with zero attached hydrogens (tertiary/aromatic N) is 4. The molecule has 1 saturated heterocycles. The van der Waals surface area contributed by atoms with Gasteiger partial charge < -0.3 is 4.90 Å². The van der Waals surface area contributed by atoms with E-state index < -0.39 is 0 Å². The minimum Gasteiger partial charge on any atom is -0.336 e. The molecule has 34 heavy (non-hydrogen) atoms. The molecule has 1 fully saturated rings. The van der Waals surface area contributed by atoms with Crippen LogP contribution in [0.5, 0.6) is 0 Å². The third-order valence-electron chi connectivity index (χ3n) is 6.44. The smallest absolute Gasteiger partial charge is 0.257 e. The number of piperazine rings is 1. The fourth-order valence-corrected chi connectivity index (χ4v) is 4.64. The lowest BCUT2D eigenvalue weighted by atomic mass is 9.96. The number of carbonyl (C=O) groups excluding carboxylic acids is 1. The molecule has 4 aromatic rings. The topological polar surface area (TPSA) is 49.3 Å². The van der Waals surface area contributed by atoms with Crippen molar-refractivity contribution in [3.63, 3.8) is 0 Å². The molecule has 5 heteroatoms. The van der Waals surface area contributed by atoms with Crippen LogP contribution >= 0.6 is 0 Å². The maximum Gasteiger partial charge on any atom is 0.257 e. The molecule has 0 spiro atoms. The minimum atomic E-state index is 0.00716. The molecule has 5 nitrogen and oxygen atoms in total. The molecule has 0 radical (unpaired) electrons. The predicted molar refractivity (Wildman–Crippen MR) is 134 cm³/mol. The molecule has 1 aliphatic rings. The van der Waals surface area contributed by atoms with Crippen molar-refractivity contribution in [1.82, 2.24) is 19.8 Å². The van der Waals surface area contributed by atoms with Gasteiger partial charge in [-0.2, -0.15) is 0 Å². The van der Waals surface area contributed by atoms with Crippen LogP contribution in [0.2, 0.25) is 0 Å². The van der Waals surface area contributed by atoms with Crippen molar-refractivity contribution in [2.75, 3.05) is 26.2 Å². The molecular formula is C29H28N4O. The number of aryl methyl sites for hydroxylation is 1. The molecule has 0 atom stereocenters. The summed E-state index contributed by atoms with van der Waals surface area (Å²) in [5.74, 6) is 0.653. The van der Waals surface area contributed by atoms with Gasteiger partial charge in [0.2, 0.25) is 0 Å². The van der Waals surface area contributed by atoms with E-state index in [4.69, 9.17) is 0 Å². The van der Waals surface area contributed by atoms with E-state index in [9.17, 15) is 4.79 Å². The molecule has 0 N–H and O–H groups in total. The second-order valence-corrected chi connectivity index (χ2v) is 8.61. The molecule has 1 aliphatic heterocycles. The van der Waals surface area contributed by atoms with Gasteiger partial charge in [0.15, 0.2) is 5.82 Å². The third kappa shape index (κ3) is 4.61. The van der Waals surface area contributed by atoms with Crippen molar-refractivity contribution in [3.05, 3.63) is 120 Å². The first kappa shape index (κ1) is 22.0. The highest BCUT2D eigenvalue weighted by atomic mass is 16.2. The second-order valence-electron chi connectivity index (χ2n) is 8.61. The van der Waals surface area contributed by atoms with Crippen molar-refractivity contribution < 1.29 is 4.79 Å². The Kier molecular flexibility index (Phi) is 6.45. The molecule has 3 aromatic carbocycles. The average Bonchev–Trinajstić information content (AvgIpc) is 2.91. The maximum atomic E-state index is 13.3. The zero-order chi connectivity index (χ0) is 23.3. The Morgan fingerprint density at radius 2 is 1.29 bits per heavy atom. The van der Waals surface area contributed by atoms with E-state index in [0.717, 1.165) is 18.7 Å². The van der Waals surface area contributed by atoms with Gasteiger partial charge >= 0.3 is 0 Å². The first-order valence-corrected chi connectivity index (χ1v) is 11.7. The molecule has 2 heterocycles. The van der Waals surface area contributed by atoms with Crippen LogP contribution in [0.15, 0.2) is 97.2 Å². The van der Waals surface area contributed by atoms with Gasteiger partial charge in [0.05, 0.1) is 17.3 Å². The monoisotopic (exact) mass is 448 g/mol. The molecular weight excluding hydrogens is 420 g/mol. The van der Waals surface area contributed by atoms with Crippen LogP contribution in [0, 0.1) is 6.92 Å². The van der Waals surface area contributed by atoms with Crippen molar-refractivity contribution >= 4 is 5.91 Å². The summed E-state index contributed by atoms with van der Waals surface area (Å²) < 4.78 is 0. The van der Waals surface area contributed by atoms with Gasteiger partial charge in [-0.3, -0.25) is 9.69 Å². The van der Waals surface area contributed by atoms with E-state index in [0.29, 0.717) is 30.2 Å². The zero-order valence-electron chi connectivity index (χ0n) is 19.3. The van der Waals surface area contributed by atoms with Crippen LogP contribution in [0.4, 0.5) is 0 Å². The van der Waals surface area contributed by atoms with E-state index in [1.165, 1.54) is 11.1 Å². The largest absolute Gasteiger partial charge is 0.336 e. The fourth-order valence-electron chi connectivity index (χ4n) is 4.64. The van der Waals surface area contributed by atoms with E-state index >= 15 is 0 Å². The lowest BCUT2D eigenvalue weighted by Gasteiger charge is -2.39. The van der Waals surface area contributed by atoms with Gasteiger partial charge in [-0.1, -0.05) is 91.0 Å². The number of hydrogen-bond acceptors (Lipinski definition) is 4. The normalized spacial score (nSPS) is 14.4. The molecule has 170 valence electrons. The predicted octanol–water partition coefficient (Wildman–Crippen LogP) is 5.00. The SMILES string of the molecule is Cc1nc(-c2ccccc2)ncc1C(=O)N1CCN(C(c2ccccc2)c2ccccc2)CC1. The molecule has 1 aromatic heterocycles. The van der Waals surface area contributed by atoms with Crippen molar-refractivity contribution in [3.8, 4) is 11.4 Å². The third-order valence-corrected chi connectivity index (χ3v) is 6.44. The molecule has 0 saturated carbocycles. The molecule has 1 amide bonds. The van der Waals surface area contributed by atoms with Crippen LogP contribution < -0.4 is 0 Å². The van der Waals surface area contributed by atoms with Gasteiger partial charge in [-0.05, 0) is 18.1 Å². The quantitative estimate of drug-likeness (QED) is 0.431. The van der Waals surface area contributed by atoms with Gasteiger partial charge in [0, 0.05) is 37.9 Å². The summed E-state index contributed by atoms with van der Waals surface area (Å²) in [7, 11) is 0. The molecule has 0 aliphatic carbocycles. The van der Waals surface area contributed by atoms with E-state index in [2.05, 4.69) is 75.5 Å². The van der Waals surface area contributed by atoms with Crippen LogP contribution in [-0.2, 0) is 0 Å². The van der Waals surface area contributed by atoms with Crippen LogP contribution in [0.3, 0.4) is 0 Å². The van der Waals surface area contributed by atoms with Crippen LogP contribution in [-0.4, -0.2) is 51.9 Å². The number of benzene rings is 3. The van der Waals surface area contributed by atoms with E-state index in [1.807, 2.05) is 42.2 Å². The van der Waals surface area contributed by atoms with Gasteiger partial charge in [0.1, 0.15) is 0 Å². The van der Waals surface area contributed by atoms with Gasteiger partial charge in [-0.15, -0.1) is 0 Å². The zero-order valence-corrected chi connectivity index (χ0v) is 19.3. The highest BCUT2D eigenvalue weighted by molar-refractivity contribution is 5.95. The summed E-state index contributed by atoms with van der Waals surface area (Å²) in [6.45, 7) is 4.85. The lowest BCUT2D eigenvalue weighted by molar-refractivity contribution is 0.0596. The van der Waals surface area contributed by atoms with Gasteiger partial charge in [-0.25, -0.2) is 9.97 Å². The summed E-state index contributed by atoms with van der Waals surface area (Å²) in [6.07, 6.45) is 1.68. The van der Waals surface area contributed by atoms with Crippen LogP contribution in [0.25, 0.3) is 11.4 Å².